The molecule has 0 spiro atoms. The number of nitrogens with zero attached hydrogens (tertiary/aromatic N) is 3. The summed E-state index contributed by atoms with van der Waals surface area (Å²) in [5.41, 5.74) is 6.63. The first-order valence-corrected chi connectivity index (χ1v) is 5.53. The van der Waals surface area contributed by atoms with Crippen LogP contribution in [0.25, 0.3) is 0 Å². The SMILES string of the molecule is NCCc1nccc(NCc2ccncc2)n1. The highest BCUT2D eigenvalue weighted by Gasteiger charge is 1.98. The fourth-order valence-corrected chi connectivity index (χ4v) is 1.44. The molecule has 0 aliphatic rings. The maximum Gasteiger partial charge on any atom is 0.131 e. The van der Waals surface area contributed by atoms with Gasteiger partial charge in [-0.15, -0.1) is 0 Å². The van der Waals surface area contributed by atoms with Crippen LogP contribution in [0.15, 0.2) is 36.8 Å². The Morgan fingerprint density at radius 3 is 2.71 bits per heavy atom. The molecule has 2 heterocycles. The van der Waals surface area contributed by atoms with E-state index in [2.05, 4.69) is 20.3 Å². The van der Waals surface area contributed by atoms with Gasteiger partial charge in [0.25, 0.3) is 0 Å². The summed E-state index contributed by atoms with van der Waals surface area (Å²) >= 11 is 0. The van der Waals surface area contributed by atoms with Gasteiger partial charge in [0.15, 0.2) is 0 Å². The van der Waals surface area contributed by atoms with Gasteiger partial charge in [0.05, 0.1) is 0 Å². The molecular weight excluding hydrogens is 214 g/mol. The van der Waals surface area contributed by atoms with Crippen LogP contribution in [-0.2, 0) is 13.0 Å². The average Bonchev–Trinajstić information content (AvgIpc) is 2.39. The van der Waals surface area contributed by atoms with Crippen LogP contribution in [0.2, 0.25) is 0 Å². The fourth-order valence-electron chi connectivity index (χ4n) is 1.44. The van der Waals surface area contributed by atoms with Gasteiger partial charge in [-0.25, -0.2) is 9.97 Å². The number of hydrogen-bond acceptors (Lipinski definition) is 5. The van der Waals surface area contributed by atoms with Crippen molar-refractivity contribution in [2.75, 3.05) is 11.9 Å². The summed E-state index contributed by atoms with van der Waals surface area (Å²) in [6.07, 6.45) is 5.99. The zero-order valence-electron chi connectivity index (χ0n) is 9.50. The smallest absolute Gasteiger partial charge is 0.131 e. The van der Waals surface area contributed by atoms with Crippen LogP contribution in [0.1, 0.15) is 11.4 Å². The molecule has 0 unspecified atom stereocenters. The normalized spacial score (nSPS) is 10.2. The Balaban J connectivity index is 1.97. The Morgan fingerprint density at radius 1 is 1.12 bits per heavy atom. The van der Waals surface area contributed by atoms with E-state index in [4.69, 9.17) is 5.73 Å². The monoisotopic (exact) mass is 229 g/mol. The lowest BCUT2D eigenvalue weighted by Crippen LogP contribution is -2.08. The molecule has 88 valence electrons. The second-order valence-corrected chi connectivity index (χ2v) is 3.61. The number of anilines is 1. The molecule has 0 bridgehead atoms. The van der Waals surface area contributed by atoms with Gasteiger partial charge in [0, 0.05) is 31.6 Å². The number of rotatable bonds is 5. The topological polar surface area (TPSA) is 76.7 Å². The van der Waals surface area contributed by atoms with Crippen LogP contribution in [0.5, 0.6) is 0 Å². The Hall–Kier alpha value is -2.01. The minimum Gasteiger partial charge on any atom is -0.366 e. The predicted octanol–water partition coefficient (Wildman–Crippen LogP) is 0.985. The van der Waals surface area contributed by atoms with Crippen molar-refractivity contribution in [2.45, 2.75) is 13.0 Å². The van der Waals surface area contributed by atoms with Gasteiger partial charge >= 0.3 is 0 Å². The first kappa shape index (κ1) is 11.5. The average molecular weight is 229 g/mol. The molecule has 2 aromatic rings. The lowest BCUT2D eigenvalue weighted by molar-refractivity contribution is 0.865. The van der Waals surface area contributed by atoms with Crippen molar-refractivity contribution in [1.29, 1.82) is 0 Å². The van der Waals surface area contributed by atoms with Crippen LogP contribution in [0.3, 0.4) is 0 Å². The van der Waals surface area contributed by atoms with Crippen LogP contribution < -0.4 is 11.1 Å². The first-order valence-electron chi connectivity index (χ1n) is 5.53. The largest absolute Gasteiger partial charge is 0.366 e. The van der Waals surface area contributed by atoms with Gasteiger partial charge in [0.1, 0.15) is 11.6 Å². The minimum atomic E-state index is 0.563. The maximum absolute atomic E-state index is 5.47. The van der Waals surface area contributed by atoms with Crippen LogP contribution >= 0.6 is 0 Å². The van der Waals surface area contributed by atoms with E-state index in [1.807, 2.05) is 18.2 Å². The standard InChI is InChI=1S/C12H15N5/c13-5-1-11-15-8-4-12(17-11)16-9-10-2-6-14-7-3-10/h2-4,6-8H,1,5,9,13H2,(H,15,16,17). The zero-order valence-corrected chi connectivity index (χ0v) is 9.50. The summed E-state index contributed by atoms with van der Waals surface area (Å²) in [6, 6.07) is 5.78. The van der Waals surface area contributed by atoms with Crippen molar-refractivity contribution in [1.82, 2.24) is 15.0 Å². The van der Waals surface area contributed by atoms with Gasteiger partial charge in [-0.3, -0.25) is 4.98 Å². The van der Waals surface area contributed by atoms with Crippen molar-refractivity contribution in [3.05, 3.63) is 48.2 Å². The molecule has 0 saturated carbocycles. The predicted molar refractivity (Wildman–Crippen MR) is 66.4 cm³/mol. The molecule has 2 rings (SSSR count). The number of nitrogens with one attached hydrogen (secondary N) is 1. The molecule has 2 aromatic heterocycles. The van der Waals surface area contributed by atoms with E-state index in [1.165, 1.54) is 5.56 Å². The fraction of sp³-hybridized carbons (Fsp3) is 0.250. The summed E-state index contributed by atoms with van der Waals surface area (Å²) in [4.78, 5) is 12.5. The third-order valence-corrected chi connectivity index (χ3v) is 2.30. The van der Waals surface area contributed by atoms with Crippen LogP contribution in [0.4, 0.5) is 5.82 Å². The van der Waals surface area contributed by atoms with Crippen molar-refractivity contribution in [3.63, 3.8) is 0 Å². The van der Waals surface area contributed by atoms with E-state index in [1.54, 1.807) is 18.6 Å². The summed E-state index contributed by atoms with van der Waals surface area (Å²) in [6.45, 7) is 1.29. The number of hydrogen-bond donors (Lipinski definition) is 2. The minimum absolute atomic E-state index is 0.563. The van der Waals surface area contributed by atoms with Crippen molar-refractivity contribution in [2.24, 2.45) is 5.73 Å². The number of nitrogens with two attached hydrogens (primary N) is 1. The second-order valence-electron chi connectivity index (χ2n) is 3.61. The van der Waals surface area contributed by atoms with E-state index in [9.17, 15) is 0 Å². The van der Waals surface area contributed by atoms with Crippen molar-refractivity contribution in [3.8, 4) is 0 Å². The zero-order chi connectivity index (χ0) is 11.9. The molecule has 5 heteroatoms. The van der Waals surface area contributed by atoms with Crippen molar-refractivity contribution < 1.29 is 0 Å². The Bertz CT molecular complexity index is 457. The summed E-state index contributed by atoms with van der Waals surface area (Å²) < 4.78 is 0. The lowest BCUT2D eigenvalue weighted by atomic mass is 10.3. The van der Waals surface area contributed by atoms with Crippen molar-refractivity contribution >= 4 is 5.82 Å². The molecule has 0 saturated heterocycles. The Morgan fingerprint density at radius 2 is 1.94 bits per heavy atom. The van der Waals surface area contributed by atoms with Gasteiger partial charge in [-0.2, -0.15) is 0 Å². The molecular formula is C12H15N5. The molecule has 0 aliphatic carbocycles. The molecule has 0 radical (unpaired) electrons. The molecule has 5 nitrogen and oxygen atoms in total. The maximum atomic E-state index is 5.47. The molecule has 0 aromatic carbocycles. The van der Waals surface area contributed by atoms with E-state index in [0.29, 0.717) is 13.0 Å². The first-order chi connectivity index (χ1) is 8.38. The van der Waals surface area contributed by atoms with Gasteiger partial charge in [-0.05, 0) is 30.3 Å². The van der Waals surface area contributed by atoms with E-state index < -0.39 is 0 Å². The third kappa shape index (κ3) is 3.49. The van der Waals surface area contributed by atoms with Crippen LogP contribution in [0, 0.1) is 0 Å². The highest BCUT2D eigenvalue weighted by molar-refractivity contribution is 5.34. The van der Waals surface area contributed by atoms with Gasteiger partial charge < -0.3 is 11.1 Å². The van der Waals surface area contributed by atoms with Gasteiger partial charge in [-0.1, -0.05) is 0 Å². The molecule has 0 atom stereocenters. The summed E-state index contributed by atoms with van der Waals surface area (Å²) in [5, 5.41) is 3.24. The van der Waals surface area contributed by atoms with Crippen LogP contribution in [-0.4, -0.2) is 21.5 Å². The molecule has 0 amide bonds. The quantitative estimate of drug-likeness (QED) is 0.799. The molecule has 0 aliphatic heterocycles. The molecule has 17 heavy (non-hydrogen) atoms. The Labute approximate surface area is 100 Å². The lowest BCUT2D eigenvalue weighted by Gasteiger charge is -2.06. The van der Waals surface area contributed by atoms with E-state index in [0.717, 1.165) is 18.2 Å². The summed E-state index contributed by atoms with van der Waals surface area (Å²) in [5.74, 6) is 1.59. The van der Waals surface area contributed by atoms with Gasteiger partial charge in [0.2, 0.25) is 0 Å². The third-order valence-electron chi connectivity index (χ3n) is 2.30. The van der Waals surface area contributed by atoms with E-state index in [-0.39, 0.29) is 0 Å². The Kier molecular flexibility index (Phi) is 3.99. The molecule has 3 N–H and O–H groups in total. The number of aromatic nitrogens is 3. The highest BCUT2D eigenvalue weighted by Crippen LogP contribution is 2.05. The molecule has 0 fully saturated rings. The second kappa shape index (κ2) is 5.91. The highest BCUT2D eigenvalue weighted by atomic mass is 15.0. The van der Waals surface area contributed by atoms with E-state index >= 15 is 0 Å². The number of pyridine rings is 1. The summed E-state index contributed by atoms with van der Waals surface area (Å²) in [7, 11) is 0.